The number of nitro groups is 1. The molecule has 0 radical (unpaired) electrons. The summed E-state index contributed by atoms with van der Waals surface area (Å²) in [5, 5.41) is 14.0. The fourth-order valence-electron chi connectivity index (χ4n) is 3.09. The highest BCUT2D eigenvalue weighted by atomic mass is 35.5. The van der Waals surface area contributed by atoms with Crippen LogP contribution in [0.3, 0.4) is 0 Å². The van der Waals surface area contributed by atoms with Crippen molar-refractivity contribution in [1.82, 2.24) is 0 Å². The molecule has 0 saturated heterocycles. The molecular weight excluding hydrogens is 342 g/mol. The normalized spacial score (nSPS) is 16.2. The second kappa shape index (κ2) is 7.11. The molecule has 2 aromatic carbocycles. The number of carbonyl (C=O) groups excluding carboxylic acids is 1. The van der Waals surface area contributed by atoms with Crippen molar-refractivity contribution in [2.75, 3.05) is 16.8 Å². The summed E-state index contributed by atoms with van der Waals surface area (Å²) in [5.74, 6) is -0.0720. The molecule has 25 heavy (non-hydrogen) atoms. The van der Waals surface area contributed by atoms with E-state index in [2.05, 4.69) is 5.32 Å². The number of aryl methyl sites for hydroxylation is 1. The number of hydrogen-bond donors (Lipinski definition) is 1. The van der Waals surface area contributed by atoms with Crippen molar-refractivity contribution in [3.8, 4) is 0 Å². The molecular formula is C18H18ClN3O3. The number of rotatable bonds is 4. The smallest absolute Gasteiger partial charge is 0.289 e. The lowest BCUT2D eigenvalue weighted by molar-refractivity contribution is -0.384. The van der Waals surface area contributed by atoms with Crippen LogP contribution in [0.25, 0.3) is 0 Å². The zero-order chi connectivity index (χ0) is 18.0. The molecule has 0 aromatic heterocycles. The standard InChI is InChI=1S/C18H18ClN3O3/c1-12-6-7-13-4-2-3-5-16(13)21(12)18(23)11-20-14-8-9-15(19)17(10-14)22(24)25/h2-5,8-10,12,20H,6-7,11H2,1H3. The number of anilines is 2. The van der Waals surface area contributed by atoms with Crippen molar-refractivity contribution in [2.45, 2.75) is 25.8 Å². The molecule has 1 aliphatic rings. The van der Waals surface area contributed by atoms with E-state index in [4.69, 9.17) is 11.6 Å². The Morgan fingerprint density at radius 3 is 2.88 bits per heavy atom. The van der Waals surface area contributed by atoms with Crippen molar-refractivity contribution in [3.05, 3.63) is 63.2 Å². The third kappa shape index (κ3) is 3.58. The van der Waals surface area contributed by atoms with Crippen LogP contribution in [0.5, 0.6) is 0 Å². The van der Waals surface area contributed by atoms with Crippen LogP contribution in [0, 0.1) is 10.1 Å². The first-order valence-corrected chi connectivity index (χ1v) is 8.43. The highest BCUT2D eigenvalue weighted by molar-refractivity contribution is 6.32. The summed E-state index contributed by atoms with van der Waals surface area (Å²) in [6.07, 6.45) is 1.87. The molecule has 0 bridgehead atoms. The molecule has 1 amide bonds. The predicted octanol–water partition coefficient (Wildman–Crippen LogP) is 4.03. The highest BCUT2D eigenvalue weighted by Crippen LogP contribution is 2.31. The number of amides is 1. The summed E-state index contributed by atoms with van der Waals surface area (Å²) in [6, 6.07) is 12.4. The molecule has 2 aromatic rings. The number of benzene rings is 2. The molecule has 1 N–H and O–H groups in total. The number of carbonyl (C=O) groups is 1. The van der Waals surface area contributed by atoms with Crippen LogP contribution >= 0.6 is 11.6 Å². The monoisotopic (exact) mass is 359 g/mol. The molecule has 3 rings (SSSR count). The summed E-state index contributed by atoms with van der Waals surface area (Å²) < 4.78 is 0. The molecule has 130 valence electrons. The molecule has 1 heterocycles. The van der Waals surface area contributed by atoms with Gasteiger partial charge in [-0.2, -0.15) is 0 Å². The Labute approximate surface area is 150 Å². The van der Waals surface area contributed by atoms with Gasteiger partial charge >= 0.3 is 0 Å². The lowest BCUT2D eigenvalue weighted by atomic mass is 9.96. The van der Waals surface area contributed by atoms with Crippen LogP contribution in [-0.2, 0) is 11.2 Å². The number of hydrogen-bond acceptors (Lipinski definition) is 4. The van der Waals surface area contributed by atoms with Crippen molar-refractivity contribution in [3.63, 3.8) is 0 Å². The largest absolute Gasteiger partial charge is 0.376 e. The van der Waals surface area contributed by atoms with Crippen LogP contribution in [-0.4, -0.2) is 23.4 Å². The number of para-hydroxylation sites is 1. The van der Waals surface area contributed by atoms with Gasteiger partial charge in [-0.1, -0.05) is 29.8 Å². The molecule has 1 atom stereocenters. The van der Waals surface area contributed by atoms with Crippen molar-refractivity contribution in [1.29, 1.82) is 0 Å². The maximum atomic E-state index is 12.7. The van der Waals surface area contributed by atoms with Gasteiger partial charge in [0.05, 0.1) is 11.5 Å². The first-order valence-electron chi connectivity index (χ1n) is 8.05. The van der Waals surface area contributed by atoms with Gasteiger partial charge < -0.3 is 10.2 Å². The molecule has 0 fully saturated rings. The minimum atomic E-state index is -0.543. The molecule has 7 heteroatoms. The van der Waals surface area contributed by atoms with E-state index >= 15 is 0 Å². The Kier molecular flexibility index (Phi) is 4.90. The molecule has 1 unspecified atom stereocenters. The summed E-state index contributed by atoms with van der Waals surface area (Å²) in [7, 11) is 0. The zero-order valence-electron chi connectivity index (χ0n) is 13.7. The number of nitrogens with zero attached hydrogens (tertiary/aromatic N) is 2. The van der Waals surface area contributed by atoms with Crippen molar-refractivity contribution < 1.29 is 9.72 Å². The third-order valence-corrected chi connectivity index (χ3v) is 4.70. The number of fused-ring (bicyclic) bond motifs is 1. The van der Waals surface area contributed by atoms with Crippen LogP contribution < -0.4 is 10.2 Å². The first-order chi connectivity index (χ1) is 12.0. The summed E-state index contributed by atoms with van der Waals surface area (Å²) >= 11 is 5.81. The minimum absolute atomic E-state index is 0.0530. The Hall–Kier alpha value is -2.60. The quantitative estimate of drug-likeness (QED) is 0.660. The van der Waals surface area contributed by atoms with Gasteiger partial charge in [-0.25, -0.2) is 0 Å². The van der Waals surface area contributed by atoms with E-state index in [9.17, 15) is 14.9 Å². The van der Waals surface area contributed by atoms with E-state index in [1.807, 2.05) is 31.2 Å². The summed E-state index contributed by atoms with van der Waals surface area (Å²) in [5.41, 5.74) is 2.41. The van der Waals surface area contributed by atoms with E-state index in [-0.39, 0.29) is 29.2 Å². The fourth-order valence-corrected chi connectivity index (χ4v) is 3.28. The molecule has 0 spiro atoms. The van der Waals surface area contributed by atoms with Crippen molar-refractivity contribution in [2.24, 2.45) is 0 Å². The van der Waals surface area contributed by atoms with Crippen molar-refractivity contribution >= 4 is 34.6 Å². The van der Waals surface area contributed by atoms with Gasteiger partial charge in [0.15, 0.2) is 0 Å². The average Bonchev–Trinajstić information content (AvgIpc) is 2.60. The Morgan fingerprint density at radius 1 is 1.36 bits per heavy atom. The van der Waals surface area contributed by atoms with E-state index in [0.29, 0.717) is 5.69 Å². The van der Waals surface area contributed by atoms with Gasteiger partial charge in [0, 0.05) is 23.5 Å². The maximum absolute atomic E-state index is 12.7. The van der Waals surface area contributed by atoms with E-state index in [1.165, 1.54) is 12.1 Å². The van der Waals surface area contributed by atoms with E-state index in [1.54, 1.807) is 11.0 Å². The van der Waals surface area contributed by atoms with Gasteiger partial charge in [-0.15, -0.1) is 0 Å². The average molecular weight is 360 g/mol. The molecule has 6 nitrogen and oxygen atoms in total. The van der Waals surface area contributed by atoms with Gasteiger partial charge in [0.2, 0.25) is 5.91 Å². The number of nitro benzene ring substituents is 1. The second-order valence-corrected chi connectivity index (χ2v) is 6.46. The SMILES string of the molecule is CC1CCc2ccccc2N1C(=O)CNc1ccc(Cl)c([N+](=O)[O-])c1. The van der Waals surface area contributed by atoms with Crippen LogP contribution in [0.1, 0.15) is 18.9 Å². The van der Waals surface area contributed by atoms with Gasteiger partial charge in [-0.05, 0) is 43.5 Å². The molecule has 0 saturated carbocycles. The van der Waals surface area contributed by atoms with E-state index in [0.717, 1.165) is 24.1 Å². The van der Waals surface area contributed by atoms with E-state index < -0.39 is 4.92 Å². The number of halogens is 1. The Balaban J connectivity index is 1.75. The lowest BCUT2D eigenvalue weighted by Crippen LogP contribution is -2.44. The first kappa shape index (κ1) is 17.2. The maximum Gasteiger partial charge on any atom is 0.289 e. The van der Waals surface area contributed by atoms with Crippen LogP contribution in [0.4, 0.5) is 17.1 Å². The van der Waals surface area contributed by atoms with Crippen LogP contribution in [0.15, 0.2) is 42.5 Å². The van der Waals surface area contributed by atoms with Gasteiger partial charge in [-0.3, -0.25) is 14.9 Å². The van der Waals surface area contributed by atoms with Gasteiger partial charge in [0.25, 0.3) is 5.69 Å². The third-order valence-electron chi connectivity index (χ3n) is 4.38. The topological polar surface area (TPSA) is 75.5 Å². The fraction of sp³-hybridized carbons (Fsp3) is 0.278. The van der Waals surface area contributed by atoms with Crippen LogP contribution in [0.2, 0.25) is 5.02 Å². The van der Waals surface area contributed by atoms with Gasteiger partial charge in [0.1, 0.15) is 5.02 Å². The predicted molar refractivity (Wildman–Crippen MR) is 98.3 cm³/mol. The minimum Gasteiger partial charge on any atom is -0.376 e. The number of nitrogens with one attached hydrogen (secondary N) is 1. The molecule has 0 aliphatic carbocycles. The highest BCUT2D eigenvalue weighted by Gasteiger charge is 2.27. The lowest BCUT2D eigenvalue weighted by Gasteiger charge is -2.35. The second-order valence-electron chi connectivity index (χ2n) is 6.06. The Morgan fingerprint density at radius 2 is 2.12 bits per heavy atom. The Bertz CT molecular complexity index is 825. The summed E-state index contributed by atoms with van der Waals surface area (Å²) in [4.78, 5) is 25.0. The molecule has 1 aliphatic heterocycles. The zero-order valence-corrected chi connectivity index (χ0v) is 14.5. The summed E-state index contributed by atoms with van der Waals surface area (Å²) in [6.45, 7) is 2.08.